The minimum Gasteiger partial charge on any atom is -0.376 e. The molecule has 0 aromatic rings. The molecule has 1 saturated carbocycles. The Morgan fingerprint density at radius 2 is 2.00 bits per heavy atom. The molecule has 5 unspecified atom stereocenters. The van der Waals surface area contributed by atoms with Crippen molar-refractivity contribution in [1.82, 2.24) is 10.2 Å². The molecule has 0 aromatic carbocycles. The van der Waals surface area contributed by atoms with Gasteiger partial charge in [0.05, 0.1) is 12.7 Å². The Bertz CT molecular complexity index is 271. The van der Waals surface area contributed by atoms with E-state index >= 15 is 0 Å². The van der Waals surface area contributed by atoms with E-state index < -0.39 is 0 Å². The second kappa shape index (κ2) is 7.05. The third kappa shape index (κ3) is 3.71. The summed E-state index contributed by atoms with van der Waals surface area (Å²) < 4.78 is 5.84. The molecule has 5 atom stereocenters. The maximum Gasteiger partial charge on any atom is 0.0700 e. The van der Waals surface area contributed by atoms with Crippen LogP contribution in [0, 0.1) is 11.8 Å². The zero-order valence-electron chi connectivity index (χ0n) is 13.2. The molecule has 3 nitrogen and oxygen atoms in total. The van der Waals surface area contributed by atoms with E-state index in [0.717, 1.165) is 44.5 Å². The smallest absolute Gasteiger partial charge is 0.0700 e. The highest BCUT2D eigenvalue weighted by Crippen LogP contribution is 2.33. The molecule has 2 aliphatic rings. The first kappa shape index (κ1) is 15.3. The van der Waals surface area contributed by atoms with Crippen LogP contribution >= 0.6 is 0 Å². The van der Waals surface area contributed by atoms with Crippen molar-refractivity contribution in [2.24, 2.45) is 11.8 Å². The summed E-state index contributed by atoms with van der Waals surface area (Å²) in [4.78, 5) is 2.71. The lowest BCUT2D eigenvalue weighted by Crippen LogP contribution is -2.60. The summed E-state index contributed by atoms with van der Waals surface area (Å²) in [5.41, 5.74) is 0. The first-order valence-electron chi connectivity index (χ1n) is 8.24. The molecule has 1 heterocycles. The fourth-order valence-electron chi connectivity index (χ4n) is 4.18. The number of nitrogens with one attached hydrogen (secondary N) is 1. The number of hydrogen-bond acceptors (Lipinski definition) is 3. The van der Waals surface area contributed by atoms with E-state index in [1.807, 2.05) is 0 Å². The fourth-order valence-corrected chi connectivity index (χ4v) is 4.18. The van der Waals surface area contributed by atoms with Crippen LogP contribution in [-0.4, -0.2) is 49.3 Å². The van der Waals surface area contributed by atoms with E-state index in [1.54, 1.807) is 0 Å². The lowest BCUT2D eigenvalue weighted by atomic mass is 9.75. The number of likely N-dealkylation sites (N-methyl/N-ethyl adjacent to an activating group) is 1. The van der Waals surface area contributed by atoms with E-state index in [-0.39, 0.29) is 0 Å². The van der Waals surface area contributed by atoms with Gasteiger partial charge in [-0.2, -0.15) is 0 Å². The number of hydrogen-bond donors (Lipinski definition) is 1. The van der Waals surface area contributed by atoms with Gasteiger partial charge in [0.1, 0.15) is 0 Å². The predicted octanol–water partition coefficient (Wildman–Crippen LogP) is 2.51. The highest BCUT2D eigenvalue weighted by Gasteiger charge is 2.38. The fraction of sp³-hybridized carbons (Fsp3) is 1.00. The van der Waals surface area contributed by atoms with Crippen molar-refractivity contribution >= 4 is 0 Å². The first-order valence-corrected chi connectivity index (χ1v) is 8.24. The van der Waals surface area contributed by atoms with Gasteiger partial charge in [-0.25, -0.2) is 0 Å². The predicted molar refractivity (Wildman–Crippen MR) is 80.4 cm³/mol. The Labute approximate surface area is 119 Å². The zero-order valence-corrected chi connectivity index (χ0v) is 13.2. The minimum atomic E-state index is 0.447. The van der Waals surface area contributed by atoms with Gasteiger partial charge >= 0.3 is 0 Å². The van der Waals surface area contributed by atoms with E-state index in [1.165, 1.54) is 12.8 Å². The van der Waals surface area contributed by atoms with E-state index in [4.69, 9.17) is 4.74 Å². The summed E-state index contributed by atoms with van der Waals surface area (Å²) in [5.74, 6) is 1.65. The maximum absolute atomic E-state index is 5.84. The van der Waals surface area contributed by atoms with Crippen LogP contribution in [0.1, 0.15) is 47.0 Å². The molecule has 0 bridgehead atoms. The summed E-state index contributed by atoms with van der Waals surface area (Å²) in [6.45, 7) is 13.6. The summed E-state index contributed by atoms with van der Waals surface area (Å²) in [6, 6.07) is 1.37. The van der Waals surface area contributed by atoms with Crippen molar-refractivity contribution in [1.29, 1.82) is 0 Å². The Balaban J connectivity index is 2.04. The van der Waals surface area contributed by atoms with Gasteiger partial charge in [0, 0.05) is 25.2 Å². The van der Waals surface area contributed by atoms with Crippen molar-refractivity contribution < 1.29 is 4.74 Å². The van der Waals surface area contributed by atoms with Gasteiger partial charge in [-0.1, -0.05) is 27.7 Å². The van der Waals surface area contributed by atoms with Crippen LogP contribution in [0.3, 0.4) is 0 Å². The summed E-state index contributed by atoms with van der Waals surface area (Å²) in [7, 11) is 0. The summed E-state index contributed by atoms with van der Waals surface area (Å²) >= 11 is 0. The van der Waals surface area contributed by atoms with Crippen molar-refractivity contribution in [2.75, 3.05) is 26.2 Å². The highest BCUT2D eigenvalue weighted by molar-refractivity contribution is 4.95. The molecule has 112 valence electrons. The Kier molecular flexibility index (Phi) is 5.67. The third-order valence-corrected chi connectivity index (χ3v) is 4.94. The average Bonchev–Trinajstić information content (AvgIpc) is 2.38. The summed E-state index contributed by atoms with van der Waals surface area (Å²) in [6.07, 6.45) is 4.29. The monoisotopic (exact) mass is 268 g/mol. The van der Waals surface area contributed by atoms with Crippen molar-refractivity contribution in [3.63, 3.8) is 0 Å². The summed E-state index contributed by atoms with van der Waals surface area (Å²) in [5, 5.41) is 3.74. The highest BCUT2D eigenvalue weighted by atomic mass is 16.5. The van der Waals surface area contributed by atoms with E-state index in [0.29, 0.717) is 18.2 Å². The van der Waals surface area contributed by atoms with Gasteiger partial charge in [-0.15, -0.1) is 0 Å². The minimum absolute atomic E-state index is 0.447. The topological polar surface area (TPSA) is 24.5 Å². The van der Waals surface area contributed by atoms with Gasteiger partial charge in [0.2, 0.25) is 0 Å². The van der Waals surface area contributed by atoms with E-state index in [9.17, 15) is 0 Å². The molecule has 19 heavy (non-hydrogen) atoms. The zero-order chi connectivity index (χ0) is 13.8. The van der Waals surface area contributed by atoms with Gasteiger partial charge in [0.15, 0.2) is 0 Å². The molecule has 1 aliphatic heterocycles. The second-order valence-corrected chi connectivity index (χ2v) is 6.60. The maximum atomic E-state index is 5.84. The largest absolute Gasteiger partial charge is 0.376 e. The molecule has 1 saturated heterocycles. The molecule has 0 amide bonds. The quantitative estimate of drug-likeness (QED) is 0.848. The Morgan fingerprint density at radius 3 is 2.68 bits per heavy atom. The van der Waals surface area contributed by atoms with Gasteiger partial charge in [-0.05, 0) is 37.6 Å². The first-order chi connectivity index (χ1) is 9.15. The molecule has 1 aliphatic carbocycles. The standard InChI is InChI=1S/C16H32N2O/c1-5-14-11-18(7-8-19-14)16-13(4)9-12(3)10-15(16)17-6-2/h12-17H,5-11H2,1-4H3. The van der Waals surface area contributed by atoms with Crippen molar-refractivity contribution in [3.8, 4) is 0 Å². The number of nitrogens with zero attached hydrogens (tertiary/aromatic N) is 1. The molecular formula is C16H32N2O. The average molecular weight is 268 g/mol. The number of morpholine rings is 1. The van der Waals surface area contributed by atoms with Crippen LogP contribution in [0.15, 0.2) is 0 Å². The van der Waals surface area contributed by atoms with Crippen molar-refractivity contribution in [3.05, 3.63) is 0 Å². The van der Waals surface area contributed by atoms with Gasteiger partial charge in [-0.3, -0.25) is 4.90 Å². The molecule has 0 aromatic heterocycles. The van der Waals surface area contributed by atoms with Crippen LogP contribution < -0.4 is 5.32 Å². The van der Waals surface area contributed by atoms with Crippen molar-refractivity contribution in [2.45, 2.75) is 65.1 Å². The van der Waals surface area contributed by atoms with Crippen LogP contribution in [-0.2, 0) is 4.74 Å². The SMILES string of the molecule is CCNC1CC(C)CC(C)C1N1CCOC(CC)C1. The molecule has 3 heteroatoms. The lowest BCUT2D eigenvalue weighted by molar-refractivity contribution is -0.0666. The molecular weight excluding hydrogens is 236 g/mol. The number of rotatable bonds is 4. The Morgan fingerprint density at radius 1 is 1.21 bits per heavy atom. The van der Waals surface area contributed by atoms with Crippen LogP contribution in [0.4, 0.5) is 0 Å². The molecule has 1 N–H and O–H groups in total. The Hall–Kier alpha value is -0.120. The van der Waals surface area contributed by atoms with Crippen LogP contribution in [0.25, 0.3) is 0 Å². The second-order valence-electron chi connectivity index (χ2n) is 6.60. The van der Waals surface area contributed by atoms with E-state index in [2.05, 4.69) is 37.9 Å². The molecule has 0 radical (unpaired) electrons. The molecule has 2 fully saturated rings. The molecule has 0 spiro atoms. The van der Waals surface area contributed by atoms with Gasteiger partial charge < -0.3 is 10.1 Å². The van der Waals surface area contributed by atoms with Gasteiger partial charge in [0.25, 0.3) is 0 Å². The van der Waals surface area contributed by atoms with Crippen LogP contribution in [0.5, 0.6) is 0 Å². The normalized spacial score (nSPS) is 41.4. The third-order valence-electron chi connectivity index (χ3n) is 4.94. The number of ether oxygens (including phenoxy) is 1. The lowest BCUT2D eigenvalue weighted by Gasteiger charge is -2.48. The molecule has 2 rings (SSSR count). The van der Waals surface area contributed by atoms with Crippen LogP contribution in [0.2, 0.25) is 0 Å².